The fraction of sp³-hybridized carbons (Fsp3) is 0.250. The van der Waals surface area contributed by atoms with Gasteiger partial charge in [-0.25, -0.2) is 8.57 Å². The van der Waals surface area contributed by atoms with E-state index < -0.39 is 9.73 Å². The minimum atomic E-state index is -2.40. The van der Waals surface area contributed by atoms with Gasteiger partial charge in [0.1, 0.15) is 5.75 Å². The second kappa shape index (κ2) is 3.15. The van der Waals surface area contributed by atoms with Crippen LogP contribution in [0.15, 0.2) is 33.5 Å². The van der Waals surface area contributed by atoms with Crippen LogP contribution in [0.3, 0.4) is 0 Å². The van der Waals surface area contributed by atoms with Crippen LogP contribution in [0, 0.1) is 0 Å². The Morgan fingerprint density at radius 3 is 2.50 bits per heavy atom. The fourth-order valence-electron chi connectivity index (χ4n) is 0.876. The molecule has 0 heterocycles. The molecule has 0 aliphatic rings. The van der Waals surface area contributed by atoms with Crippen molar-refractivity contribution in [1.29, 1.82) is 0 Å². The molecule has 0 radical (unpaired) electrons. The van der Waals surface area contributed by atoms with Crippen LogP contribution in [0.25, 0.3) is 0 Å². The Kier molecular flexibility index (Phi) is 2.38. The molecule has 0 aliphatic heterocycles. The first-order chi connectivity index (χ1) is 5.58. The molecule has 3 nitrogen and oxygen atoms in total. The summed E-state index contributed by atoms with van der Waals surface area (Å²) in [7, 11) is -0.923. The van der Waals surface area contributed by atoms with Crippen LogP contribution >= 0.6 is 0 Å². The molecule has 1 atom stereocenters. The summed E-state index contributed by atoms with van der Waals surface area (Å²) in [5, 5.41) is 9.34. The summed E-state index contributed by atoms with van der Waals surface area (Å²) in [6, 6.07) is 6.53. The van der Waals surface area contributed by atoms with Gasteiger partial charge in [0.25, 0.3) is 0 Å². The normalized spacial score (nSPS) is 15.2. The summed E-state index contributed by atoms with van der Waals surface area (Å²) in [6.45, 7) is 0. The van der Waals surface area contributed by atoms with Gasteiger partial charge in [0.2, 0.25) is 0 Å². The van der Waals surface area contributed by atoms with Gasteiger partial charge in [-0.15, -0.1) is 0 Å². The van der Waals surface area contributed by atoms with Gasteiger partial charge < -0.3 is 5.11 Å². The topological polar surface area (TPSA) is 49.7 Å². The van der Waals surface area contributed by atoms with Crippen molar-refractivity contribution in [3.63, 3.8) is 0 Å². The Labute approximate surface area is 72.2 Å². The van der Waals surface area contributed by atoms with Crippen molar-refractivity contribution < 1.29 is 9.32 Å². The zero-order valence-electron chi connectivity index (χ0n) is 7.02. The van der Waals surface area contributed by atoms with Crippen molar-refractivity contribution in [1.82, 2.24) is 0 Å². The van der Waals surface area contributed by atoms with E-state index in [0.717, 1.165) is 0 Å². The van der Waals surface area contributed by atoms with Gasteiger partial charge in [0.05, 0.1) is 14.6 Å². The van der Waals surface area contributed by atoms with Crippen molar-refractivity contribution in [3.05, 3.63) is 24.3 Å². The molecule has 0 bridgehead atoms. The lowest BCUT2D eigenvalue weighted by Crippen LogP contribution is -1.96. The Bertz CT molecular complexity index is 392. The first-order valence-corrected chi connectivity index (χ1v) is 5.38. The van der Waals surface area contributed by atoms with Crippen LogP contribution in [0.2, 0.25) is 0 Å². The Hall–Kier alpha value is -1.03. The number of benzene rings is 1. The molecule has 0 aliphatic carbocycles. The SMILES string of the molecule is CN=[S@@](C)(=O)c1ccccc1O. The second-order valence-electron chi connectivity index (χ2n) is 2.45. The molecule has 0 fully saturated rings. The number of hydrogen-bond donors (Lipinski definition) is 1. The Balaban J connectivity index is 3.40. The molecule has 12 heavy (non-hydrogen) atoms. The number of nitrogens with zero attached hydrogens (tertiary/aromatic N) is 1. The third-order valence-electron chi connectivity index (χ3n) is 1.62. The number of aromatic hydroxyl groups is 1. The van der Waals surface area contributed by atoms with E-state index in [1.54, 1.807) is 18.2 Å². The van der Waals surface area contributed by atoms with Crippen LogP contribution in [-0.2, 0) is 9.73 Å². The molecule has 0 saturated carbocycles. The number of hydrogen-bond acceptors (Lipinski definition) is 3. The van der Waals surface area contributed by atoms with Crippen molar-refractivity contribution in [2.45, 2.75) is 4.90 Å². The lowest BCUT2D eigenvalue weighted by atomic mass is 10.3. The first-order valence-electron chi connectivity index (χ1n) is 3.46. The summed E-state index contributed by atoms with van der Waals surface area (Å²) in [4.78, 5) is 0.396. The molecular weight excluding hydrogens is 174 g/mol. The lowest BCUT2D eigenvalue weighted by Gasteiger charge is -2.04. The van der Waals surface area contributed by atoms with E-state index in [0.29, 0.717) is 4.90 Å². The lowest BCUT2D eigenvalue weighted by molar-refractivity contribution is 0.461. The Morgan fingerprint density at radius 1 is 1.42 bits per heavy atom. The van der Waals surface area contributed by atoms with E-state index in [9.17, 15) is 9.32 Å². The van der Waals surface area contributed by atoms with E-state index in [-0.39, 0.29) is 5.75 Å². The number of phenols is 1. The second-order valence-corrected chi connectivity index (χ2v) is 4.86. The van der Waals surface area contributed by atoms with Gasteiger partial charge in [-0.3, -0.25) is 0 Å². The average Bonchev–Trinajstić information content (AvgIpc) is 2.05. The minimum absolute atomic E-state index is 0.0376. The summed E-state index contributed by atoms with van der Waals surface area (Å²) in [6.07, 6.45) is 1.50. The van der Waals surface area contributed by atoms with E-state index in [2.05, 4.69) is 4.36 Å². The van der Waals surface area contributed by atoms with Crippen LogP contribution < -0.4 is 0 Å². The molecule has 66 valence electrons. The number of rotatable bonds is 1. The smallest absolute Gasteiger partial charge is 0.132 e. The molecule has 1 rings (SSSR count). The van der Waals surface area contributed by atoms with Crippen LogP contribution in [0.5, 0.6) is 5.75 Å². The predicted octanol–water partition coefficient (Wildman–Crippen LogP) is 1.48. The maximum atomic E-state index is 11.7. The summed E-state index contributed by atoms with van der Waals surface area (Å²) < 4.78 is 15.4. The molecular formula is C8H11NO2S. The van der Waals surface area contributed by atoms with Gasteiger partial charge in [-0.2, -0.15) is 0 Å². The highest BCUT2D eigenvalue weighted by Gasteiger charge is 2.08. The fourth-order valence-corrected chi connectivity index (χ4v) is 1.86. The van der Waals surface area contributed by atoms with E-state index in [4.69, 9.17) is 0 Å². The average molecular weight is 185 g/mol. The van der Waals surface area contributed by atoms with Crippen LogP contribution in [-0.4, -0.2) is 22.6 Å². The van der Waals surface area contributed by atoms with Crippen LogP contribution in [0.4, 0.5) is 0 Å². The third kappa shape index (κ3) is 1.58. The maximum absolute atomic E-state index is 11.7. The largest absolute Gasteiger partial charge is 0.507 e. The van der Waals surface area contributed by atoms with Gasteiger partial charge in [0, 0.05) is 13.3 Å². The predicted molar refractivity (Wildman–Crippen MR) is 48.8 cm³/mol. The monoisotopic (exact) mass is 185 g/mol. The molecule has 0 amide bonds. The molecule has 0 unspecified atom stereocenters. The highest BCUT2D eigenvalue weighted by Crippen LogP contribution is 2.22. The van der Waals surface area contributed by atoms with Gasteiger partial charge in [0.15, 0.2) is 0 Å². The van der Waals surface area contributed by atoms with Gasteiger partial charge in [-0.05, 0) is 12.1 Å². The van der Waals surface area contributed by atoms with E-state index >= 15 is 0 Å². The zero-order chi connectivity index (χ0) is 9.19. The molecule has 0 aromatic heterocycles. The van der Waals surface area contributed by atoms with Gasteiger partial charge in [-0.1, -0.05) is 12.1 Å². The standard InChI is InChI=1S/C8H11NO2S/c1-9-12(2,11)8-6-4-3-5-7(8)10/h3-6,10H,1-2H3/t12-/m0/s1. The molecule has 0 saturated heterocycles. The number of phenolic OH excluding ortho intramolecular Hbond substituents is 1. The van der Waals surface area contributed by atoms with Crippen molar-refractivity contribution in [2.75, 3.05) is 13.3 Å². The van der Waals surface area contributed by atoms with Crippen molar-refractivity contribution in [2.24, 2.45) is 4.36 Å². The molecule has 1 aromatic carbocycles. The van der Waals surface area contributed by atoms with Gasteiger partial charge >= 0.3 is 0 Å². The maximum Gasteiger partial charge on any atom is 0.132 e. The summed E-state index contributed by atoms with van der Waals surface area (Å²) >= 11 is 0. The quantitative estimate of drug-likeness (QED) is 0.720. The third-order valence-corrected chi connectivity index (χ3v) is 3.48. The van der Waals surface area contributed by atoms with Crippen LogP contribution in [0.1, 0.15) is 0 Å². The van der Waals surface area contributed by atoms with E-state index in [1.165, 1.54) is 19.4 Å². The summed E-state index contributed by atoms with van der Waals surface area (Å²) in [5.74, 6) is 0.0376. The first kappa shape index (κ1) is 9.06. The molecule has 1 aromatic rings. The Morgan fingerprint density at radius 2 is 2.00 bits per heavy atom. The van der Waals surface area contributed by atoms with E-state index in [1.807, 2.05) is 0 Å². The van der Waals surface area contributed by atoms with Crippen molar-refractivity contribution >= 4 is 9.73 Å². The molecule has 1 N–H and O–H groups in total. The molecule has 0 spiro atoms. The minimum Gasteiger partial charge on any atom is -0.507 e. The zero-order valence-corrected chi connectivity index (χ0v) is 7.84. The highest BCUT2D eigenvalue weighted by molar-refractivity contribution is 7.93. The number of para-hydroxylation sites is 1. The summed E-state index contributed by atoms with van der Waals surface area (Å²) in [5.41, 5.74) is 0. The molecule has 4 heteroatoms. The highest BCUT2D eigenvalue weighted by atomic mass is 32.2. The van der Waals surface area contributed by atoms with Crippen molar-refractivity contribution in [3.8, 4) is 5.75 Å².